The molecule has 1 aliphatic carbocycles. The van der Waals surface area contributed by atoms with E-state index in [0.29, 0.717) is 6.04 Å². The van der Waals surface area contributed by atoms with E-state index < -0.39 is 0 Å². The molecule has 1 N–H and O–H groups in total. The molecule has 5 heteroatoms. The number of amides is 2. The van der Waals surface area contributed by atoms with Gasteiger partial charge in [-0.25, -0.2) is 4.79 Å². The Hall–Kier alpha value is -1.88. The second-order valence-corrected chi connectivity index (χ2v) is 10.00. The molecule has 1 saturated heterocycles. The fourth-order valence-electron chi connectivity index (χ4n) is 5.31. The normalized spacial score (nSPS) is 26.2. The maximum Gasteiger partial charge on any atom is 0.322 e. The molecule has 0 spiro atoms. The van der Waals surface area contributed by atoms with E-state index in [4.69, 9.17) is 4.99 Å². The van der Waals surface area contributed by atoms with Crippen LogP contribution >= 0.6 is 0 Å². The van der Waals surface area contributed by atoms with Crippen LogP contribution in [0.5, 0.6) is 0 Å². The largest absolute Gasteiger partial charge is 0.323 e. The number of carbonyl (C=O) groups excluding carboxylic acids is 1. The molecular weight excluding hydrogens is 396 g/mol. The Morgan fingerprint density at radius 2 is 1.41 bits per heavy atom. The van der Waals surface area contributed by atoms with Crippen molar-refractivity contribution in [3.8, 4) is 0 Å². The summed E-state index contributed by atoms with van der Waals surface area (Å²) in [4.78, 5) is 22.7. The molecule has 0 aromatic heterocycles. The number of rotatable bonds is 1. The van der Waals surface area contributed by atoms with Gasteiger partial charge in [0.1, 0.15) is 5.84 Å². The SMILES string of the molecule is O=C1NC(=NC2CCCCC2)CCN2CCN1CCCCCCCCc1ccc(cc1)C2. The van der Waals surface area contributed by atoms with Gasteiger partial charge >= 0.3 is 6.03 Å². The maximum absolute atomic E-state index is 13.1. The minimum Gasteiger partial charge on any atom is -0.323 e. The number of carbonyl (C=O) groups is 1. The number of fused-ring (bicyclic) bond motifs is 9. The van der Waals surface area contributed by atoms with E-state index in [2.05, 4.69) is 34.5 Å². The third-order valence-electron chi connectivity index (χ3n) is 7.38. The number of aliphatic imine (C=N–C) groups is 1. The lowest BCUT2D eigenvalue weighted by atomic mass is 9.96. The van der Waals surface area contributed by atoms with Gasteiger partial charge in [-0.3, -0.25) is 15.2 Å². The first-order valence-corrected chi connectivity index (χ1v) is 13.2. The van der Waals surface area contributed by atoms with Crippen molar-refractivity contribution in [2.75, 3.05) is 26.2 Å². The molecular formula is C27H42N4O. The first kappa shape index (κ1) is 23.3. The Morgan fingerprint density at radius 1 is 0.719 bits per heavy atom. The van der Waals surface area contributed by atoms with Crippen molar-refractivity contribution in [2.45, 2.75) is 96.1 Å². The Bertz CT molecular complexity index is 739. The summed E-state index contributed by atoms with van der Waals surface area (Å²) in [6, 6.07) is 9.69. The molecule has 4 bridgehead atoms. The van der Waals surface area contributed by atoms with Gasteiger partial charge in [0.05, 0.1) is 6.04 Å². The van der Waals surface area contributed by atoms with Crippen LogP contribution in [0.2, 0.25) is 0 Å². The number of benzene rings is 1. The zero-order valence-electron chi connectivity index (χ0n) is 19.9. The first-order chi connectivity index (χ1) is 15.8. The van der Waals surface area contributed by atoms with Crippen molar-refractivity contribution in [1.29, 1.82) is 0 Å². The van der Waals surface area contributed by atoms with Gasteiger partial charge in [0.25, 0.3) is 0 Å². The van der Waals surface area contributed by atoms with Crippen LogP contribution in [0.3, 0.4) is 0 Å². The zero-order valence-corrected chi connectivity index (χ0v) is 19.9. The Labute approximate surface area is 194 Å². The number of nitrogens with zero attached hydrogens (tertiary/aromatic N) is 3. The summed E-state index contributed by atoms with van der Waals surface area (Å²) < 4.78 is 0. The number of hydrogen-bond acceptors (Lipinski definition) is 3. The second-order valence-electron chi connectivity index (χ2n) is 10.00. The first-order valence-electron chi connectivity index (χ1n) is 13.2. The van der Waals surface area contributed by atoms with Crippen LogP contribution in [-0.2, 0) is 13.0 Å². The summed E-state index contributed by atoms with van der Waals surface area (Å²) >= 11 is 0. The standard InChI is InChI=1S/C27H42N4O/c32-27-29-26(28-25-11-7-5-8-12-25)17-19-30-20-21-31(27)18-9-4-2-1-3-6-10-23-13-15-24(22-30)16-14-23/h13-16,25H,1-12,17-22H2,(H,28,29,32). The summed E-state index contributed by atoms with van der Waals surface area (Å²) in [6.45, 7) is 4.46. The molecule has 176 valence electrons. The summed E-state index contributed by atoms with van der Waals surface area (Å²) in [6.07, 6.45) is 15.7. The molecule has 1 aromatic rings. The lowest BCUT2D eigenvalue weighted by Crippen LogP contribution is -2.44. The van der Waals surface area contributed by atoms with Crippen molar-refractivity contribution in [2.24, 2.45) is 4.99 Å². The van der Waals surface area contributed by atoms with E-state index in [-0.39, 0.29) is 6.03 Å². The average Bonchev–Trinajstić information content (AvgIpc) is 2.88. The van der Waals surface area contributed by atoms with Gasteiger partial charge in [-0.15, -0.1) is 0 Å². The van der Waals surface area contributed by atoms with Crippen LogP contribution < -0.4 is 5.32 Å². The molecule has 0 radical (unpaired) electrons. The smallest absolute Gasteiger partial charge is 0.322 e. The number of nitrogens with one attached hydrogen (secondary N) is 1. The molecule has 4 aliphatic rings. The number of hydrogen-bond donors (Lipinski definition) is 1. The molecule has 1 atom stereocenters. The highest BCUT2D eigenvalue weighted by atomic mass is 16.2. The second kappa shape index (κ2) is 12.4. The summed E-state index contributed by atoms with van der Waals surface area (Å²) in [5.74, 6) is 0.906. The zero-order chi connectivity index (χ0) is 22.0. The van der Waals surface area contributed by atoms with Gasteiger partial charge in [0.2, 0.25) is 0 Å². The monoisotopic (exact) mass is 438 g/mol. The van der Waals surface area contributed by atoms with Gasteiger partial charge in [-0.1, -0.05) is 69.2 Å². The van der Waals surface area contributed by atoms with Gasteiger partial charge in [-0.05, 0) is 43.2 Å². The van der Waals surface area contributed by atoms with Crippen molar-refractivity contribution < 1.29 is 4.79 Å². The Morgan fingerprint density at radius 3 is 2.22 bits per heavy atom. The number of amidine groups is 1. The topological polar surface area (TPSA) is 47.9 Å². The van der Waals surface area contributed by atoms with Crippen molar-refractivity contribution >= 4 is 11.9 Å². The predicted molar refractivity (Wildman–Crippen MR) is 132 cm³/mol. The van der Waals surface area contributed by atoms with Crippen LogP contribution in [0, 0.1) is 0 Å². The lowest BCUT2D eigenvalue weighted by molar-refractivity contribution is 0.187. The van der Waals surface area contributed by atoms with Crippen LogP contribution in [0.4, 0.5) is 4.79 Å². The Balaban J connectivity index is 1.50. The maximum atomic E-state index is 13.1. The molecule has 3 aliphatic heterocycles. The van der Waals surface area contributed by atoms with Gasteiger partial charge in [-0.2, -0.15) is 0 Å². The fraction of sp³-hybridized carbons (Fsp3) is 0.704. The van der Waals surface area contributed by atoms with E-state index in [1.54, 1.807) is 0 Å². The third kappa shape index (κ3) is 7.33. The highest BCUT2D eigenvalue weighted by Crippen LogP contribution is 2.21. The minimum atomic E-state index is 0.0590. The molecule has 1 aromatic carbocycles. The van der Waals surface area contributed by atoms with Crippen LogP contribution in [-0.4, -0.2) is 53.9 Å². The molecule has 2 amide bonds. The predicted octanol–water partition coefficient (Wildman–Crippen LogP) is 5.53. The lowest BCUT2D eigenvalue weighted by Gasteiger charge is -2.26. The highest BCUT2D eigenvalue weighted by Gasteiger charge is 2.22. The molecule has 1 saturated carbocycles. The van der Waals surface area contributed by atoms with Crippen molar-refractivity contribution in [1.82, 2.24) is 15.1 Å². The quantitative estimate of drug-likeness (QED) is 0.626. The molecule has 32 heavy (non-hydrogen) atoms. The van der Waals surface area contributed by atoms with E-state index in [1.165, 1.54) is 81.8 Å². The van der Waals surface area contributed by atoms with Crippen LogP contribution in [0.1, 0.15) is 88.2 Å². The molecule has 2 fully saturated rings. The molecule has 5 nitrogen and oxygen atoms in total. The van der Waals surface area contributed by atoms with Crippen molar-refractivity contribution in [3.63, 3.8) is 0 Å². The van der Waals surface area contributed by atoms with Gasteiger partial charge in [0, 0.05) is 39.1 Å². The molecule has 1 unspecified atom stereocenters. The van der Waals surface area contributed by atoms with Crippen molar-refractivity contribution in [3.05, 3.63) is 35.4 Å². The summed E-state index contributed by atoms with van der Waals surface area (Å²) in [7, 11) is 0. The molecule has 5 rings (SSSR count). The third-order valence-corrected chi connectivity index (χ3v) is 7.38. The van der Waals surface area contributed by atoms with Gasteiger partial charge in [0.15, 0.2) is 0 Å². The van der Waals surface area contributed by atoms with E-state index in [0.717, 1.165) is 51.4 Å². The number of aryl methyl sites for hydroxylation is 1. The molecule has 3 heterocycles. The Kier molecular flexibility index (Phi) is 9.01. The van der Waals surface area contributed by atoms with E-state index in [1.807, 2.05) is 4.90 Å². The fourth-order valence-corrected chi connectivity index (χ4v) is 5.31. The van der Waals surface area contributed by atoms with E-state index >= 15 is 0 Å². The van der Waals surface area contributed by atoms with Gasteiger partial charge < -0.3 is 4.90 Å². The average molecular weight is 439 g/mol. The minimum absolute atomic E-state index is 0.0590. The summed E-state index contributed by atoms with van der Waals surface area (Å²) in [5.41, 5.74) is 2.83. The van der Waals surface area contributed by atoms with Crippen LogP contribution in [0.25, 0.3) is 0 Å². The number of urea groups is 1. The highest BCUT2D eigenvalue weighted by molar-refractivity contribution is 5.97. The van der Waals surface area contributed by atoms with E-state index in [9.17, 15) is 4.79 Å². The summed E-state index contributed by atoms with van der Waals surface area (Å²) in [5, 5.41) is 3.22. The van der Waals surface area contributed by atoms with Crippen LogP contribution in [0.15, 0.2) is 29.3 Å².